The van der Waals surface area contributed by atoms with Crippen LogP contribution in [0.4, 0.5) is 0 Å². The minimum Gasteiger partial charge on any atom is -0.444 e. The number of aliphatic hydroxyl groups is 1. The number of hydrogen-bond acceptors (Lipinski definition) is 4. The van der Waals surface area contributed by atoms with Crippen molar-refractivity contribution in [2.75, 3.05) is 6.54 Å². The molecule has 0 amide bonds. The third kappa shape index (κ3) is 3.30. The number of hydrogen-bond donors (Lipinski definition) is 2. The maximum Gasteiger partial charge on any atom is 0.208 e. The van der Waals surface area contributed by atoms with Crippen LogP contribution in [-0.2, 0) is 6.54 Å². The Hall–Kier alpha value is -0.870. The lowest BCUT2D eigenvalue weighted by atomic mass is 9.85. The smallest absolute Gasteiger partial charge is 0.208 e. The molecule has 0 radical (unpaired) electrons. The minimum atomic E-state index is -0.519. The van der Waals surface area contributed by atoms with Crippen molar-refractivity contribution in [1.82, 2.24) is 10.3 Å². The number of rotatable bonds is 4. The molecule has 1 saturated carbocycles. The summed E-state index contributed by atoms with van der Waals surface area (Å²) in [6.45, 7) is 5.09. The van der Waals surface area contributed by atoms with Crippen LogP contribution < -0.4 is 5.32 Å². The minimum absolute atomic E-state index is 0.519. The molecule has 96 valence electrons. The van der Waals surface area contributed by atoms with E-state index in [2.05, 4.69) is 10.3 Å². The Kier molecular flexibility index (Phi) is 3.84. The maximum absolute atomic E-state index is 10.3. The summed E-state index contributed by atoms with van der Waals surface area (Å²) in [5.74, 6) is 1.58. The van der Waals surface area contributed by atoms with E-state index in [9.17, 15) is 5.11 Å². The van der Waals surface area contributed by atoms with Crippen molar-refractivity contribution in [3.63, 3.8) is 0 Å². The first kappa shape index (κ1) is 12.6. The summed E-state index contributed by atoms with van der Waals surface area (Å²) in [6.07, 6.45) is 5.33. The first-order valence-electron chi connectivity index (χ1n) is 6.45. The molecule has 1 aromatic rings. The van der Waals surface area contributed by atoms with E-state index >= 15 is 0 Å². The molecule has 4 nitrogen and oxygen atoms in total. The fraction of sp³-hybridized carbons (Fsp3) is 0.769. The van der Waals surface area contributed by atoms with Crippen molar-refractivity contribution in [1.29, 1.82) is 0 Å². The average Bonchev–Trinajstić information content (AvgIpc) is 2.59. The van der Waals surface area contributed by atoms with Gasteiger partial charge in [-0.15, -0.1) is 0 Å². The van der Waals surface area contributed by atoms with Gasteiger partial charge < -0.3 is 14.8 Å². The van der Waals surface area contributed by atoms with Crippen molar-refractivity contribution in [3.05, 3.63) is 17.3 Å². The van der Waals surface area contributed by atoms with Crippen LogP contribution in [0.1, 0.15) is 49.4 Å². The van der Waals surface area contributed by atoms with Gasteiger partial charge >= 0.3 is 0 Å². The van der Waals surface area contributed by atoms with Gasteiger partial charge in [-0.2, -0.15) is 0 Å². The first-order chi connectivity index (χ1) is 8.09. The molecule has 0 spiro atoms. The van der Waals surface area contributed by atoms with Gasteiger partial charge in [0.15, 0.2) is 0 Å². The predicted octanol–water partition coefficient (Wildman–Crippen LogP) is 2.08. The van der Waals surface area contributed by atoms with Gasteiger partial charge in [0, 0.05) is 6.54 Å². The lowest BCUT2D eigenvalue weighted by molar-refractivity contribution is 0.00430. The van der Waals surface area contributed by atoms with Crippen LogP contribution in [0, 0.1) is 13.8 Å². The number of nitrogens with zero attached hydrogens (tertiary/aromatic N) is 1. The van der Waals surface area contributed by atoms with E-state index in [1.807, 2.05) is 13.8 Å². The molecule has 0 aromatic carbocycles. The van der Waals surface area contributed by atoms with Crippen molar-refractivity contribution in [3.8, 4) is 0 Å². The first-order valence-corrected chi connectivity index (χ1v) is 6.45. The van der Waals surface area contributed by atoms with Crippen molar-refractivity contribution >= 4 is 0 Å². The van der Waals surface area contributed by atoms with E-state index in [1.54, 1.807) is 0 Å². The largest absolute Gasteiger partial charge is 0.444 e. The second kappa shape index (κ2) is 5.19. The van der Waals surface area contributed by atoms with Gasteiger partial charge in [-0.1, -0.05) is 19.3 Å². The van der Waals surface area contributed by atoms with Crippen molar-refractivity contribution in [2.45, 2.75) is 58.1 Å². The molecule has 1 aliphatic carbocycles. The van der Waals surface area contributed by atoms with E-state index < -0.39 is 5.60 Å². The van der Waals surface area contributed by atoms with Gasteiger partial charge in [0.2, 0.25) is 5.89 Å². The monoisotopic (exact) mass is 238 g/mol. The van der Waals surface area contributed by atoms with Crippen LogP contribution in [0.25, 0.3) is 0 Å². The molecular formula is C13H22N2O2. The Morgan fingerprint density at radius 3 is 2.59 bits per heavy atom. The molecule has 1 heterocycles. The third-order valence-corrected chi connectivity index (χ3v) is 3.59. The molecule has 0 atom stereocenters. The fourth-order valence-corrected chi connectivity index (χ4v) is 2.40. The van der Waals surface area contributed by atoms with Crippen LogP contribution in [0.5, 0.6) is 0 Å². The SMILES string of the molecule is Cc1nc(CNCC2(O)CCCCC2)oc1C. The van der Waals surface area contributed by atoms with E-state index in [4.69, 9.17) is 4.42 Å². The van der Waals surface area contributed by atoms with E-state index in [0.29, 0.717) is 19.0 Å². The molecule has 17 heavy (non-hydrogen) atoms. The Bertz CT molecular complexity index is 348. The van der Waals surface area contributed by atoms with Gasteiger partial charge in [0.1, 0.15) is 5.76 Å². The molecule has 0 saturated heterocycles. The highest BCUT2D eigenvalue weighted by molar-refractivity contribution is 5.05. The molecule has 1 fully saturated rings. The molecule has 2 rings (SSSR count). The van der Waals surface area contributed by atoms with E-state index in [-0.39, 0.29) is 0 Å². The quantitative estimate of drug-likeness (QED) is 0.843. The molecule has 4 heteroatoms. The topological polar surface area (TPSA) is 58.3 Å². The summed E-state index contributed by atoms with van der Waals surface area (Å²) in [6, 6.07) is 0. The van der Waals surface area contributed by atoms with Crippen LogP contribution in [0.3, 0.4) is 0 Å². The second-order valence-electron chi connectivity index (χ2n) is 5.14. The molecule has 0 bridgehead atoms. The van der Waals surface area contributed by atoms with Crippen LogP contribution in [-0.4, -0.2) is 22.2 Å². The summed E-state index contributed by atoms with van der Waals surface area (Å²) < 4.78 is 5.48. The lowest BCUT2D eigenvalue weighted by Gasteiger charge is -2.32. The molecule has 1 aromatic heterocycles. The third-order valence-electron chi connectivity index (χ3n) is 3.59. The Labute approximate surface area is 102 Å². The van der Waals surface area contributed by atoms with E-state index in [1.165, 1.54) is 6.42 Å². The summed E-state index contributed by atoms with van der Waals surface area (Å²) in [4.78, 5) is 4.30. The number of aryl methyl sites for hydroxylation is 2. The predicted molar refractivity (Wildman–Crippen MR) is 65.7 cm³/mol. The Morgan fingerprint density at radius 2 is 2.00 bits per heavy atom. The molecular weight excluding hydrogens is 216 g/mol. The zero-order valence-corrected chi connectivity index (χ0v) is 10.8. The highest BCUT2D eigenvalue weighted by Crippen LogP contribution is 2.27. The summed E-state index contributed by atoms with van der Waals surface area (Å²) in [5, 5.41) is 13.5. The number of oxazole rings is 1. The standard InChI is InChI=1S/C13H22N2O2/c1-10-11(2)17-12(15-10)8-14-9-13(16)6-4-3-5-7-13/h14,16H,3-9H2,1-2H3. The molecule has 1 aliphatic rings. The van der Waals surface area contributed by atoms with Crippen LogP contribution in [0.15, 0.2) is 4.42 Å². The maximum atomic E-state index is 10.3. The van der Waals surface area contributed by atoms with Gasteiger partial charge in [-0.3, -0.25) is 0 Å². The molecule has 0 unspecified atom stereocenters. The van der Waals surface area contributed by atoms with Crippen molar-refractivity contribution in [2.24, 2.45) is 0 Å². The van der Waals surface area contributed by atoms with E-state index in [0.717, 1.165) is 37.1 Å². The van der Waals surface area contributed by atoms with Crippen LogP contribution in [0.2, 0.25) is 0 Å². The lowest BCUT2D eigenvalue weighted by Crippen LogP contribution is -2.41. The number of nitrogens with one attached hydrogen (secondary N) is 1. The average molecular weight is 238 g/mol. The van der Waals surface area contributed by atoms with Gasteiger partial charge in [-0.25, -0.2) is 4.98 Å². The van der Waals surface area contributed by atoms with Gasteiger partial charge in [-0.05, 0) is 26.7 Å². The summed E-state index contributed by atoms with van der Waals surface area (Å²) in [7, 11) is 0. The summed E-state index contributed by atoms with van der Waals surface area (Å²) in [5.41, 5.74) is 0.424. The zero-order chi connectivity index (χ0) is 12.3. The molecule has 0 aliphatic heterocycles. The Morgan fingerprint density at radius 1 is 1.29 bits per heavy atom. The van der Waals surface area contributed by atoms with Gasteiger partial charge in [0.05, 0.1) is 17.8 Å². The summed E-state index contributed by atoms with van der Waals surface area (Å²) >= 11 is 0. The highest BCUT2D eigenvalue weighted by Gasteiger charge is 2.28. The Balaban J connectivity index is 1.78. The van der Waals surface area contributed by atoms with Gasteiger partial charge in [0.25, 0.3) is 0 Å². The fourth-order valence-electron chi connectivity index (χ4n) is 2.40. The number of aromatic nitrogens is 1. The van der Waals surface area contributed by atoms with Crippen molar-refractivity contribution < 1.29 is 9.52 Å². The second-order valence-corrected chi connectivity index (χ2v) is 5.14. The highest BCUT2D eigenvalue weighted by atomic mass is 16.4. The zero-order valence-electron chi connectivity index (χ0n) is 10.8. The normalized spacial score (nSPS) is 19.5. The van der Waals surface area contributed by atoms with Crippen LogP contribution >= 0.6 is 0 Å². The molecule has 2 N–H and O–H groups in total.